The molecule has 0 atom stereocenters. The van der Waals surface area contributed by atoms with Crippen LogP contribution in [0.1, 0.15) is 0 Å². The SMILES string of the molecule is NNC(=O)COc1ccc(Nc2ccccc2)cc1. The summed E-state index contributed by atoms with van der Waals surface area (Å²) in [6.45, 7) is -0.0953. The van der Waals surface area contributed by atoms with Crippen LogP contribution in [0.5, 0.6) is 5.75 Å². The molecule has 0 spiro atoms. The van der Waals surface area contributed by atoms with Crippen molar-refractivity contribution < 1.29 is 9.53 Å². The molecule has 0 aliphatic rings. The van der Waals surface area contributed by atoms with Gasteiger partial charge in [0.25, 0.3) is 5.91 Å². The van der Waals surface area contributed by atoms with E-state index in [-0.39, 0.29) is 12.5 Å². The van der Waals surface area contributed by atoms with Crippen molar-refractivity contribution in [1.29, 1.82) is 0 Å². The minimum Gasteiger partial charge on any atom is -0.484 e. The van der Waals surface area contributed by atoms with Gasteiger partial charge >= 0.3 is 0 Å². The third-order valence-corrected chi connectivity index (χ3v) is 2.45. The van der Waals surface area contributed by atoms with Crippen molar-refractivity contribution in [2.45, 2.75) is 0 Å². The van der Waals surface area contributed by atoms with E-state index in [2.05, 4.69) is 5.32 Å². The van der Waals surface area contributed by atoms with E-state index in [0.29, 0.717) is 5.75 Å². The summed E-state index contributed by atoms with van der Waals surface area (Å²) >= 11 is 0. The van der Waals surface area contributed by atoms with Crippen LogP contribution in [-0.4, -0.2) is 12.5 Å². The number of ether oxygens (including phenoxy) is 1. The van der Waals surface area contributed by atoms with Crippen molar-refractivity contribution in [3.63, 3.8) is 0 Å². The molecule has 2 rings (SSSR count). The van der Waals surface area contributed by atoms with Gasteiger partial charge in [-0.1, -0.05) is 18.2 Å². The van der Waals surface area contributed by atoms with Gasteiger partial charge in [0.05, 0.1) is 0 Å². The van der Waals surface area contributed by atoms with Crippen molar-refractivity contribution in [2.75, 3.05) is 11.9 Å². The number of para-hydroxylation sites is 1. The standard InChI is InChI=1S/C14H15N3O2/c15-17-14(18)10-19-13-8-6-12(7-9-13)16-11-4-2-1-3-5-11/h1-9,16H,10,15H2,(H,17,18). The predicted octanol–water partition coefficient (Wildman–Crippen LogP) is 1.80. The Balaban J connectivity index is 1.93. The first-order valence-corrected chi connectivity index (χ1v) is 5.82. The summed E-state index contributed by atoms with van der Waals surface area (Å²) in [5, 5.41) is 3.25. The van der Waals surface area contributed by atoms with Gasteiger partial charge in [-0.25, -0.2) is 5.84 Å². The molecular weight excluding hydrogens is 242 g/mol. The highest BCUT2D eigenvalue weighted by Gasteiger charge is 2.00. The molecule has 0 heterocycles. The molecule has 0 radical (unpaired) electrons. The maximum absolute atomic E-state index is 10.9. The zero-order chi connectivity index (χ0) is 13.5. The van der Waals surface area contributed by atoms with Gasteiger partial charge in [-0.05, 0) is 36.4 Å². The molecule has 4 N–H and O–H groups in total. The van der Waals surface area contributed by atoms with E-state index in [0.717, 1.165) is 11.4 Å². The molecule has 2 aromatic rings. The van der Waals surface area contributed by atoms with Crippen molar-refractivity contribution in [2.24, 2.45) is 5.84 Å². The first-order chi connectivity index (χ1) is 9.28. The van der Waals surface area contributed by atoms with Crippen LogP contribution in [0.25, 0.3) is 0 Å². The van der Waals surface area contributed by atoms with Gasteiger partial charge in [0.2, 0.25) is 0 Å². The number of hydrogen-bond donors (Lipinski definition) is 3. The van der Waals surface area contributed by atoms with E-state index in [1.54, 1.807) is 12.1 Å². The maximum atomic E-state index is 10.9. The topological polar surface area (TPSA) is 76.4 Å². The molecule has 0 unspecified atom stereocenters. The van der Waals surface area contributed by atoms with E-state index in [9.17, 15) is 4.79 Å². The molecule has 0 saturated carbocycles. The highest BCUT2D eigenvalue weighted by Crippen LogP contribution is 2.19. The molecule has 5 heteroatoms. The lowest BCUT2D eigenvalue weighted by atomic mass is 10.2. The third-order valence-electron chi connectivity index (χ3n) is 2.45. The van der Waals surface area contributed by atoms with E-state index < -0.39 is 0 Å². The molecule has 2 aromatic carbocycles. The highest BCUT2D eigenvalue weighted by atomic mass is 16.5. The molecule has 0 saturated heterocycles. The fraction of sp³-hybridized carbons (Fsp3) is 0.0714. The van der Waals surface area contributed by atoms with Gasteiger partial charge in [0.15, 0.2) is 6.61 Å². The predicted molar refractivity (Wildman–Crippen MR) is 74.0 cm³/mol. The Morgan fingerprint density at radius 1 is 1.00 bits per heavy atom. The molecule has 1 amide bonds. The van der Waals surface area contributed by atoms with Crippen LogP contribution < -0.4 is 21.3 Å². The quantitative estimate of drug-likeness (QED) is 0.433. The summed E-state index contributed by atoms with van der Waals surface area (Å²) in [4.78, 5) is 10.9. The lowest BCUT2D eigenvalue weighted by molar-refractivity contribution is -0.123. The number of anilines is 2. The van der Waals surface area contributed by atoms with E-state index in [1.807, 2.05) is 47.9 Å². The Bertz CT molecular complexity index is 526. The number of rotatable bonds is 5. The van der Waals surface area contributed by atoms with Gasteiger partial charge in [-0.3, -0.25) is 10.2 Å². The Kier molecular flexibility index (Phi) is 4.36. The van der Waals surface area contributed by atoms with Gasteiger partial charge < -0.3 is 10.1 Å². The molecule has 0 fully saturated rings. The largest absolute Gasteiger partial charge is 0.484 e. The molecular formula is C14H15N3O2. The van der Waals surface area contributed by atoms with Crippen LogP contribution in [0.15, 0.2) is 54.6 Å². The monoisotopic (exact) mass is 257 g/mol. The first-order valence-electron chi connectivity index (χ1n) is 5.82. The fourth-order valence-corrected chi connectivity index (χ4v) is 1.51. The molecule has 0 bridgehead atoms. The van der Waals surface area contributed by atoms with Crippen molar-refractivity contribution in [1.82, 2.24) is 5.43 Å². The average Bonchev–Trinajstić information content (AvgIpc) is 2.47. The molecule has 19 heavy (non-hydrogen) atoms. The third kappa shape index (κ3) is 4.01. The van der Waals surface area contributed by atoms with Crippen LogP contribution in [0, 0.1) is 0 Å². The van der Waals surface area contributed by atoms with Crippen LogP contribution in [0.2, 0.25) is 0 Å². The smallest absolute Gasteiger partial charge is 0.271 e. The molecule has 5 nitrogen and oxygen atoms in total. The molecule has 98 valence electrons. The Hall–Kier alpha value is -2.53. The summed E-state index contributed by atoms with van der Waals surface area (Å²) in [6.07, 6.45) is 0. The summed E-state index contributed by atoms with van der Waals surface area (Å²) in [7, 11) is 0. The number of nitrogens with one attached hydrogen (secondary N) is 2. The second kappa shape index (κ2) is 6.42. The number of hydrogen-bond acceptors (Lipinski definition) is 4. The Labute approximate surface area is 111 Å². The maximum Gasteiger partial charge on any atom is 0.271 e. The van der Waals surface area contributed by atoms with Crippen LogP contribution in [0.4, 0.5) is 11.4 Å². The van der Waals surface area contributed by atoms with Gasteiger partial charge in [0.1, 0.15) is 5.75 Å². The first kappa shape index (κ1) is 12.9. The van der Waals surface area contributed by atoms with Gasteiger partial charge in [0, 0.05) is 11.4 Å². The van der Waals surface area contributed by atoms with E-state index in [1.165, 1.54) is 0 Å². The summed E-state index contributed by atoms with van der Waals surface area (Å²) in [5.41, 5.74) is 3.96. The molecule has 0 aliphatic heterocycles. The van der Waals surface area contributed by atoms with Crippen molar-refractivity contribution >= 4 is 17.3 Å². The average molecular weight is 257 g/mol. The van der Waals surface area contributed by atoms with Gasteiger partial charge in [-0.15, -0.1) is 0 Å². The van der Waals surface area contributed by atoms with Crippen LogP contribution >= 0.6 is 0 Å². The second-order valence-corrected chi connectivity index (χ2v) is 3.87. The minimum absolute atomic E-state index is 0.0953. The lowest BCUT2D eigenvalue weighted by Crippen LogP contribution is -2.34. The zero-order valence-electron chi connectivity index (χ0n) is 10.3. The Morgan fingerprint density at radius 2 is 1.63 bits per heavy atom. The zero-order valence-corrected chi connectivity index (χ0v) is 10.3. The lowest BCUT2D eigenvalue weighted by Gasteiger charge is -2.08. The number of carbonyl (C=O) groups is 1. The fourth-order valence-electron chi connectivity index (χ4n) is 1.51. The second-order valence-electron chi connectivity index (χ2n) is 3.87. The van der Waals surface area contributed by atoms with Crippen LogP contribution in [0.3, 0.4) is 0 Å². The number of amides is 1. The normalized spacial score (nSPS) is 9.74. The number of carbonyl (C=O) groups excluding carboxylic acids is 1. The van der Waals surface area contributed by atoms with E-state index in [4.69, 9.17) is 10.6 Å². The Morgan fingerprint density at radius 3 is 2.26 bits per heavy atom. The van der Waals surface area contributed by atoms with Crippen molar-refractivity contribution in [3.8, 4) is 5.75 Å². The van der Waals surface area contributed by atoms with Crippen LogP contribution in [-0.2, 0) is 4.79 Å². The molecule has 0 aliphatic carbocycles. The minimum atomic E-state index is -0.369. The van der Waals surface area contributed by atoms with Gasteiger partial charge in [-0.2, -0.15) is 0 Å². The highest BCUT2D eigenvalue weighted by molar-refractivity contribution is 5.76. The molecule has 0 aromatic heterocycles. The summed E-state index contributed by atoms with van der Waals surface area (Å²) < 4.78 is 5.24. The summed E-state index contributed by atoms with van der Waals surface area (Å²) in [6, 6.07) is 17.2. The van der Waals surface area contributed by atoms with E-state index >= 15 is 0 Å². The number of nitrogens with two attached hydrogens (primary N) is 1. The van der Waals surface area contributed by atoms with Crippen molar-refractivity contribution in [3.05, 3.63) is 54.6 Å². The number of hydrazine groups is 1. The summed E-state index contributed by atoms with van der Waals surface area (Å²) in [5.74, 6) is 5.20. The number of benzene rings is 2.